The lowest BCUT2D eigenvalue weighted by atomic mass is 9.95. The number of benzene rings is 2. The monoisotopic (exact) mass is 354 g/mol. The van der Waals surface area contributed by atoms with Crippen molar-refractivity contribution in [1.82, 2.24) is 0 Å². The van der Waals surface area contributed by atoms with E-state index in [1.807, 2.05) is 24.3 Å². The van der Waals surface area contributed by atoms with Gasteiger partial charge in [0.25, 0.3) is 0 Å². The van der Waals surface area contributed by atoms with Crippen molar-refractivity contribution in [3.8, 4) is 23.0 Å². The summed E-state index contributed by atoms with van der Waals surface area (Å²) in [5.41, 5.74) is 0.996. The van der Waals surface area contributed by atoms with Crippen molar-refractivity contribution >= 4 is 5.78 Å². The summed E-state index contributed by atoms with van der Waals surface area (Å²) in [6, 6.07) is 10.1. The van der Waals surface area contributed by atoms with Gasteiger partial charge in [-0.25, -0.2) is 0 Å². The maximum Gasteiger partial charge on any atom is 0.174 e. The van der Waals surface area contributed by atoms with E-state index in [1.165, 1.54) is 31.7 Å². The maximum atomic E-state index is 12.4. The van der Waals surface area contributed by atoms with Gasteiger partial charge in [-0.15, -0.1) is 0 Å². The predicted molar refractivity (Wildman–Crippen MR) is 96.0 cm³/mol. The predicted octanol–water partition coefficient (Wildman–Crippen LogP) is 4.37. The van der Waals surface area contributed by atoms with E-state index in [0.29, 0.717) is 5.92 Å². The number of carbonyl (C=O) groups excluding carboxylic acids is 1. The number of aromatic hydroxyl groups is 2. The van der Waals surface area contributed by atoms with Crippen molar-refractivity contribution in [2.75, 3.05) is 6.61 Å². The number of rotatable bonds is 4. The fourth-order valence-electron chi connectivity index (χ4n) is 3.78. The number of phenolic OH excluding ortho intramolecular Hbond substituents is 2. The standard InChI is InChI=1S/C21H22O5/c22-15-9-17(23)21-18(24)11-19(26-20(21)10-15)14-5-7-16(8-6-14)25-12-13-3-1-2-4-13/h5-10,13,19,22-23H,1-4,11-12H2. The molecule has 0 amide bonds. The molecule has 5 nitrogen and oxygen atoms in total. The molecule has 1 heterocycles. The van der Waals surface area contributed by atoms with Crippen molar-refractivity contribution in [2.45, 2.75) is 38.2 Å². The summed E-state index contributed by atoms with van der Waals surface area (Å²) in [7, 11) is 0. The van der Waals surface area contributed by atoms with Gasteiger partial charge < -0.3 is 19.7 Å². The molecule has 136 valence electrons. The summed E-state index contributed by atoms with van der Waals surface area (Å²) in [6.45, 7) is 0.754. The highest BCUT2D eigenvalue weighted by molar-refractivity contribution is 6.02. The van der Waals surface area contributed by atoms with Crippen molar-refractivity contribution in [2.24, 2.45) is 5.92 Å². The minimum absolute atomic E-state index is 0.134. The molecule has 0 aromatic heterocycles. The zero-order chi connectivity index (χ0) is 18.1. The lowest BCUT2D eigenvalue weighted by Gasteiger charge is -2.26. The van der Waals surface area contributed by atoms with Gasteiger partial charge in [0.1, 0.15) is 34.7 Å². The van der Waals surface area contributed by atoms with Crippen LogP contribution in [-0.2, 0) is 0 Å². The zero-order valence-corrected chi connectivity index (χ0v) is 14.5. The Hall–Kier alpha value is -2.69. The molecule has 1 unspecified atom stereocenters. The fourth-order valence-corrected chi connectivity index (χ4v) is 3.78. The van der Waals surface area contributed by atoms with E-state index in [-0.39, 0.29) is 35.0 Å². The van der Waals surface area contributed by atoms with E-state index in [0.717, 1.165) is 24.0 Å². The van der Waals surface area contributed by atoms with Gasteiger partial charge in [-0.1, -0.05) is 25.0 Å². The van der Waals surface area contributed by atoms with Crippen LogP contribution >= 0.6 is 0 Å². The zero-order valence-electron chi connectivity index (χ0n) is 14.5. The lowest BCUT2D eigenvalue weighted by molar-refractivity contribution is 0.0845. The molecule has 2 aromatic rings. The first kappa shape index (κ1) is 16.8. The molecule has 1 saturated carbocycles. The van der Waals surface area contributed by atoms with E-state index in [4.69, 9.17) is 9.47 Å². The van der Waals surface area contributed by atoms with Crippen molar-refractivity contribution in [1.29, 1.82) is 0 Å². The number of carbonyl (C=O) groups is 1. The summed E-state index contributed by atoms with van der Waals surface area (Å²) < 4.78 is 11.7. The Balaban J connectivity index is 1.46. The molecule has 5 heteroatoms. The summed E-state index contributed by atoms with van der Waals surface area (Å²) in [5, 5.41) is 19.5. The van der Waals surface area contributed by atoms with Crippen LogP contribution in [0.5, 0.6) is 23.0 Å². The smallest absolute Gasteiger partial charge is 0.174 e. The van der Waals surface area contributed by atoms with Crippen molar-refractivity contribution in [3.05, 3.63) is 47.5 Å². The van der Waals surface area contributed by atoms with Crippen LogP contribution in [-0.4, -0.2) is 22.6 Å². The second kappa shape index (κ2) is 6.90. The molecule has 1 fully saturated rings. The summed E-state index contributed by atoms with van der Waals surface area (Å²) in [5.74, 6) is 1.11. The topological polar surface area (TPSA) is 76.0 Å². The van der Waals surface area contributed by atoms with Gasteiger partial charge in [0.15, 0.2) is 5.78 Å². The average Bonchev–Trinajstić information content (AvgIpc) is 3.13. The second-order valence-corrected chi connectivity index (χ2v) is 7.10. The normalized spacial score (nSPS) is 19.8. The number of phenols is 2. The molecule has 2 aromatic carbocycles. The third-order valence-electron chi connectivity index (χ3n) is 5.20. The summed E-state index contributed by atoms with van der Waals surface area (Å²) >= 11 is 0. The van der Waals surface area contributed by atoms with Crippen LogP contribution in [0.15, 0.2) is 36.4 Å². The molecular weight excluding hydrogens is 332 g/mol. The van der Waals surface area contributed by atoms with Gasteiger partial charge in [-0.05, 0) is 36.5 Å². The number of hydrogen-bond acceptors (Lipinski definition) is 5. The Bertz CT molecular complexity index is 806. The molecule has 0 bridgehead atoms. The van der Waals surface area contributed by atoms with Gasteiger partial charge >= 0.3 is 0 Å². The van der Waals surface area contributed by atoms with Crippen molar-refractivity contribution < 1.29 is 24.5 Å². The molecule has 1 atom stereocenters. The van der Waals surface area contributed by atoms with Crippen LogP contribution < -0.4 is 9.47 Å². The van der Waals surface area contributed by atoms with Crippen LogP contribution in [0.25, 0.3) is 0 Å². The molecular formula is C21H22O5. The van der Waals surface area contributed by atoms with E-state index in [2.05, 4.69) is 0 Å². The quantitative estimate of drug-likeness (QED) is 0.852. The first-order valence-corrected chi connectivity index (χ1v) is 9.09. The molecule has 4 rings (SSSR count). The minimum atomic E-state index is -0.444. The van der Waals surface area contributed by atoms with Gasteiger partial charge in [0.05, 0.1) is 13.0 Å². The maximum absolute atomic E-state index is 12.4. The van der Waals surface area contributed by atoms with Crippen molar-refractivity contribution in [3.63, 3.8) is 0 Å². The highest BCUT2D eigenvalue weighted by Crippen LogP contribution is 2.41. The molecule has 0 spiro atoms. The van der Waals surface area contributed by atoms with E-state index >= 15 is 0 Å². The van der Waals surface area contributed by atoms with Gasteiger partial charge in [-0.3, -0.25) is 4.79 Å². The second-order valence-electron chi connectivity index (χ2n) is 7.10. The minimum Gasteiger partial charge on any atom is -0.508 e. The number of ether oxygens (including phenoxy) is 2. The summed E-state index contributed by atoms with van der Waals surface area (Å²) in [4.78, 5) is 12.4. The highest BCUT2D eigenvalue weighted by Gasteiger charge is 2.30. The Morgan fingerprint density at radius 3 is 2.54 bits per heavy atom. The SMILES string of the molecule is O=C1CC(c2ccc(OCC3CCCC3)cc2)Oc2cc(O)cc(O)c21. The third kappa shape index (κ3) is 3.34. The van der Waals surface area contributed by atoms with E-state index in [1.54, 1.807) is 0 Å². The van der Waals surface area contributed by atoms with E-state index in [9.17, 15) is 15.0 Å². The molecule has 1 aliphatic carbocycles. The van der Waals surface area contributed by atoms with Gasteiger partial charge in [0, 0.05) is 12.1 Å². The Labute approximate surface area is 152 Å². The fraction of sp³-hybridized carbons (Fsp3) is 0.381. The van der Waals surface area contributed by atoms with Gasteiger partial charge in [-0.2, -0.15) is 0 Å². The molecule has 26 heavy (non-hydrogen) atoms. The first-order chi connectivity index (χ1) is 12.6. The Kier molecular flexibility index (Phi) is 4.45. The number of Topliss-reactive ketones (excluding diaryl/α,β-unsaturated/α-hetero) is 1. The van der Waals surface area contributed by atoms with Crippen LogP contribution in [0.3, 0.4) is 0 Å². The molecule has 0 radical (unpaired) electrons. The lowest BCUT2D eigenvalue weighted by Crippen LogP contribution is -2.20. The summed E-state index contributed by atoms with van der Waals surface area (Å²) in [6.07, 6.45) is 4.79. The van der Waals surface area contributed by atoms with Crippen LogP contribution in [0.1, 0.15) is 54.1 Å². The first-order valence-electron chi connectivity index (χ1n) is 9.09. The number of fused-ring (bicyclic) bond motifs is 1. The van der Waals surface area contributed by atoms with Gasteiger partial charge in [0.2, 0.25) is 0 Å². The average molecular weight is 354 g/mol. The number of ketones is 1. The Morgan fingerprint density at radius 2 is 1.81 bits per heavy atom. The highest BCUT2D eigenvalue weighted by atomic mass is 16.5. The third-order valence-corrected chi connectivity index (χ3v) is 5.20. The van der Waals surface area contributed by atoms with Crippen LogP contribution in [0.4, 0.5) is 0 Å². The molecule has 0 saturated heterocycles. The van der Waals surface area contributed by atoms with Crippen LogP contribution in [0, 0.1) is 5.92 Å². The van der Waals surface area contributed by atoms with Crippen LogP contribution in [0.2, 0.25) is 0 Å². The molecule has 1 aliphatic heterocycles. The van der Waals surface area contributed by atoms with E-state index < -0.39 is 6.10 Å². The molecule has 2 N–H and O–H groups in total. The largest absolute Gasteiger partial charge is 0.508 e. The molecule has 2 aliphatic rings. The number of hydrogen-bond donors (Lipinski definition) is 2. The Morgan fingerprint density at radius 1 is 1.08 bits per heavy atom.